The summed E-state index contributed by atoms with van der Waals surface area (Å²) in [6.45, 7) is -0.00671. The lowest BCUT2D eigenvalue weighted by atomic mass is 10.1. The van der Waals surface area contributed by atoms with Crippen molar-refractivity contribution < 1.29 is 9.59 Å². The molecule has 2 amide bonds. The number of likely N-dealkylation sites (N-methyl/N-ethyl adjacent to an activating group) is 1. The normalized spacial score (nSPS) is 10.5. The van der Waals surface area contributed by atoms with Crippen LogP contribution in [-0.2, 0) is 4.79 Å². The molecule has 0 radical (unpaired) electrons. The minimum atomic E-state index is -0.230. The van der Waals surface area contributed by atoms with E-state index < -0.39 is 0 Å². The molecule has 3 rings (SSSR count). The van der Waals surface area contributed by atoms with Gasteiger partial charge in [-0.25, -0.2) is 0 Å². The second-order valence-corrected chi connectivity index (χ2v) is 5.32. The van der Waals surface area contributed by atoms with Gasteiger partial charge >= 0.3 is 0 Å². The van der Waals surface area contributed by atoms with Gasteiger partial charge < -0.3 is 15.2 Å². The second kappa shape index (κ2) is 6.36. The highest BCUT2D eigenvalue weighted by Gasteiger charge is 2.18. The average molecular weight is 307 g/mol. The van der Waals surface area contributed by atoms with E-state index >= 15 is 0 Å². The lowest BCUT2D eigenvalue weighted by molar-refractivity contribution is -0.116. The Labute approximate surface area is 133 Å². The molecule has 0 aliphatic rings. The number of aromatic amines is 1. The van der Waals surface area contributed by atoms with Crippen LogP contribution in [0.1, 0.15) is 10.4 Å². The Kier molecular flexibility index (Phi) is 4.10. The van der Waals surface area contributed by atoms with E-state index in [1.54, 1.807) is 25.4 Å². The van der Waals surface area contributed by atoms with Crippen LogP contribution in [-0.4, -0.2) is 35.3 Å². The maximum Gasteiger partial charge on any atom is 0.256 e. The molecule has 2 aromatic carbocycles. The fourth-order valence-electron chi connectivity index (χ4n) is 2.46. The van der Waals surface area contributed by atoms with Crippen LogP contribution in [0.5, 0.6) is 0 Å². The number of hydrogen-bond donors (Lipinski definition) is 2. The van der Waals surface area contributed by atoms with E-state index in [1.807, 2.05) is 42.5 Å². The fraction of sp³-hybridized carbons (Fsp3) is 0.111. The zero-order chi connectivity index (χ0) is 16.2. The molecular weight excluding hydrogens is 290 g/mol. The summed E-state index contributed by atoms with van der Waals surface area (Å²) in [6, 6.07) is 16.8. The number of carbonyl (C=O) groups excluding carboxylic acids is 2. The Hall–Kier alpha value is -3.08. The molecule has 0 atom stereocenters. The van der Waals surface area contributed by atoms with Crippen molar-refractivity contribution in [1.29, 1.82) is 0 Å². The molecule has 0 unspecified atom stereocenters. The number of rotatable bonds is 4. The molecule has 0 saturated heterocycles. The van der Waals surface area contributed by atoms with Crippen LogP contribution in [0.15, 0.2) is 60.8 Å². The first-order valence-electron chi connectivity index (χ1n) is 7.31. The van der Waals surface area contributed by atoms with Crippen molar-refractivity contribution in [1.82, 2.24) is 9.88 Å². The summed E-state index contributed by atoms with van der Waals surface area (Å²) in [4.78, 5) is 29.1. The number of hydrogen-bond acceptors (Lipinski definition) is 2. The van der Waals surface area contributed by atoms with E-state index in [9.17, 15) is 9.59 Å². The van der Waals surface area contributed by atoms with Gasteiger partial charge in [-0.05, 0) is 18.2 Å². The minimum Gasteiger partial charge on any atom is -0.360 e. The van der Waals surface area contributed by atoms with Gasteiger partial charge in [-0.3, -0.25) is 9.59 Å². The molecule has 0 bridgehead atoms. The molecule has 0 aliphatic heterocycles. The smallest absolute Gasteiger partial charge is 0.256 e. The number of amides is 2. The average Bonchev–Trinajstić information content (AvgIpc) is 2.99. The molecule has 1 aromatic heterocycles. The van der Waals surface area contributed by atoms with Crippen LogP contribution in [0.3, 0.4) is 0 Å². The summed E-state index contributed by atoms with van der Waals surface area (Å²) in [6.07, 6.45) is 1.68. The molecule has 5 heteroatoms. The van der Waals surface area contributed by atoms with Crippen molar-refractivity contribution in [3.63, 3.8) is 0 Å². The Balaban J connectivity index is 1.69. The van der Waals surface area contributed by atoms with Gasteiger partial charge in [-0.15, -0.1) is 0 Å². The van der Waals surface area contributed by atoms with E-state index in [0.717, 1.165) is 10.9 Å². The predicted molar refractivity (Wildman–Crippen MR) is 90.3 cm³/mol. The van der Waals surface area contributed by atoms with Gasteiger partial charge in [0.2, 0.25) is 5.91 Å². The number of benzene rings is 2. The fourth-order valence-corrected chi connectivity index (χ4v) is 2.46. The van der Waals surface area contributed by atoms with Crippen LogP contribution in [0.25, 0.3) is 10.9 Å². The Bertz CT molecular complexity index is 840. The molecule has 23 heavy (non-hydrogen) atoms. The van der Waals surface area contributed by atoms with Crippen molar-refractivity contribution in [2.75, 3.05) is 18.9 Å². The maximum atomic E-state index is 12.5. The first kappa shape index (κ1) is 14.8. The van der Waals surface area contributed by atoms with Crippen LogP contribution in [0, 0.1) is 0 Å². The van der Waals surface area contributed by atoms with Gasteiger partial charge in [0.15, 0.2) is 0 Å². The monoisotopic (exact) mass is 307 g/mol. The minimum absolute atomic E-state index is 0.00671. The summed E-state index contributed by atoms with van der Waals surface area (Å²) < 4.78 is 0. The summed E-state index contributed by atoms with van der Waals surface area (Å²) in [7, 11) is 1.62. The van der Waals surface area contributed by atoms with Crippen molar-refractivity contribution >= 4 is 28.4 Å². The highest BCUT2D eigenvalue weighted by molar-refractivity contribution is 6.07. The lowest BCUT2D eigenvalue weighted by Crippen LogP contribution is -2.34. The first-order chi connectivity index (χ1) is 11.1. The zero-order valence-electron chi connectivity index (χ0n) is 12.7. The number of fused-ring (bicyclic) bond motifs is 1. The van der Waals surface area contributed by atoms with Gasteiger partial charge in [0.05, 0.1) is 12.1 Å². The third-order valence-electron chi connectivity index (χ3n) is 3.60. The molecule has 0 spiro atoms. The Morgan fingerprint density at radius 1 is 1.04 bits per heavy atom. The van der Waals surface area contributed by atoms with E-state index in [2.05, 4.69) is 10.3 Å². The standard InChI is InChI=1S/C18H17N3O2/c1-21(12-17(22)20-13-7-3-2-4-8-13)18(23)15-11-19-16-10-6-5-9-14(15)16/h2-11,19H,12H2,1H3,(H,20,22). The number of aromatic nitrogens is 1. The zero-order valence-corrected chi connectivity index (χ0v) is 12.7. The van der Waals surface area contributed by atoms with Crippen LogP contribution < -0.4 is 5.32 Å². The van der Waals surface area contributed by atoms with Gasteiger partial charge in [-0.1, -0.05) is 36.4 Å². The van der Waals surface area contributed by atoms with Crippen LogP contribution in [0.2, 0.25) is 0 Å². The van der Waals surface area contributed by atoms with E-state index in [0.29, 0.717) is 11.3 Å². The Morgan fingerprint density at radius 2 is 1.74 bits per heavy atom. The van der Waals surface area contributed by atoms with Gasteiger partial charge in [-0.2, -0.15) is 0 Å². The third kappa shape index (κ3) is 3.23. The quantitative estimate of drug-likeness (QED) is 0.778. The van der Waals surface area contributed by atoms with Crippen molar-refractivity contribution in [2.24, 2.45) is 0 Å². The predicted octanol–water partition coefficient (Wildman–Crippen LogP) is 2.88. The van der Waals surface area contributed by atoms with Gasteiger partial charge in [0.25, 0.3) is 5.91 Å². The van der Waals surface area contributed by atoms with E-state index in [4.69, 9.17) is 0 Å². The molecule has 2 N–H and O–H groups in total. The molecule has 5 nitrogen and oxygen atoms in total. The molecule has 116 valence electrons. The molecule has 1 heterocycles. The topological polar surface area (TPSA) is 65.2 Å². The largest absolute Gasteiger partial charge is 0.360 e. The van der Waals surface area contributed by atoms with Crippen molar-refractivity contribution in [3.8, 4) is 0 Å². The second-order valence-electron chi connectivity index (χ2n) is 5.32. The SMILES string of the molecule is CN(CC(=O)Nc1ccccc1)C(=O)c1c[nH]c2ccccc12. The van der Waals surface area contributed by atoms with Crippen LogP contribution in [0.4, 0.5) is 5.69 Å². The number of anilines is 1. The number of nitrogens with zero attached hydrogens (tertiary/aromatic N) is 1. The maximum absolute atomic E-state index is 12.5. The van der Waals surface area contributed by atoms with Crippen molar-refractivity contribution in [2.45, 2.75) is 0 Å². The first-order valence-corrected chi connectivity index (χ1v) is 7.31. The highest BCUT2D eigenvalue weighted by atomic mass is 16.2. The van der Waals surface area contributed by atoms with Gasteiger partial charge in [0.1, 0.15) is 0 Å². The van der Waals surface area contributed by atoms with E-state index in [-0.39, 0.29) is 18.4 Å². The summed E-state index contributed by atoms with van der Waals surface area (Å²) >= 11 is 0. The highest BCUT2D eigenvalue weighted by Crippen LogP contribution is 2.19. The van der Waals surface area contributed by atoms with Crippen molar-refractivity contribution in [3.05, 3.63) is 66.4 Å². The summed E-state index contributed by atoms with van der Waals surface area (Å²) in [5.74, 6) is -0.419. The molecule has 0 aliphatic carbocycles. The number of H-pyrrole nitrogens is 1. The van der Waals surface area contributed by atoms with E-state index in [1.165, 1.54) is 4.90 Å². The molecule has 0 saturated carbocycles. The number of para-hydroxylation sites is 2. The molecule has 0 fully saturated rings. The lowest BCUT2D eigenvalue weighted by Gasteiger charge is -2.16. The Morgan fingerprint density at radius 3 is 2.52 bits per heavy atom. The third-order valence-corrected chi connectivity index (χ3v) is 3.60. The summed E-state index contributed by atoms with van der Waals surface area (Å²) in [5.41, 5.74) is 2.18. The van der Waals surface area contributed by atoms with Crippen LogP contribution >= 0.6 is 0 Å². The number of carbonyl (C=O) groups is 2. The molecular formula is C18H17N3O2. The molecule has 3 aromatic rings. The number of nitrogens with one attached hydrogen (secondary N) is 2. The van der Waals surface area contributed by atoms with Gasteiger partial charge in [0, 0.05) is 29.8 Å². The summed E-state index contributed by atoms with van der Waals surface area (Å²) in [5, 5.41) is 3.62.